The van der Waals surface area contributed by atoms with Gasteiger partial charge in [-0.05, 0) is 25.0 Å². The summed E-state index contributed by atoms with van der Waals surface area (Å²) in [5.41, 5.74) is 7.33. The Labute approximate surface area is 138 Å². The number of nitrogen functional groups attached to an aromatic ring is 1. The molecule has 2 aromatic heterocycles. The van der Waals surface area contributed by atoms with E-state index < -0.39 is 0 Å². The minimum Gasteiger partial charge on any atom is -0.403 e. The van der Waals surface area contributed by atoms with Crippen LogP contribution in [0.15, 0.2) is 40.9 Å². The topological polar surface area (TPSA) is 81.1 Å². The molecule has 0 unspecified atom stereocenters. The molecule has 0 radical (unpaired) electrons. The van der Waals surface area contributed by atoms with Crippen LogP contribution >= 0.6 is 0 Å². The molecule has 1 fully saturated rings. The van der Waals surface area contributed by atoms with Gasteiger partial charge in [0, 0.05) is 30.4 Å². The lowest BCUT2D eigenvalue weighted by Crippen LogP contribution is -2.20. The van der Waals surface area contributed by atoms with Crippen molar-refractivity contribution in [3.63, 3.8) is 0 Å². The summed E-state index contributed by atoms with van der Waals surface area (Å²) in [5.74, 6) is 0.655. The summed E-state index contributed by atoms with van der Waals surface area (Å²) in [6, 6.07) is 8.33. The fourth-order valence-corrected chi connectivity index (χ4v) is 3.07. The van der Waals surface area contributed by atoms with Crippen LogP contribution in [0.5, 0.6) is 0 Å². The van der Waals surface area contributed by atoms with Gasteiger partial charge in [0.25, 0.3) is 5.89 Å². The smallest absolute Gasteiger partial charge is 0.313 e. The van der Waals surface area contributed by atoms with E-state index in [9.17, 15) is 4.39 Å². The first-order chi connectivity index (χ1) is 11.7. The molecule has 3 heterocycles. The lowest BCUT2D eigenvalue weighted by atomic mass is 10.00. The number of pyridine rings is 1. The van der Waals surface area contributed by atoms with Gasteiger partial charge in [0.1, 0.15) is 11.6 Å². The molecule has 24 heavy (non-hydrogen) atoms. The molecular weight excluding hydrogens is 309 g/mol. The normalized spacial score (nSPS) is 14.3. The van der Waals surface area contributed by atoms with Crippen molar-refractivity contribution in [3.8, 4) is 22.6 Å². The van der Waals surface area contributed by atoms with Crippen LogP contribution in [0, 0.1) is 5.82 Å². The molecule has 4 rings (SSSR count). The summed E-state index contributed by atoms with van der Waals surface area (Å²) in [4.78, 5) is 6.65. The Morgan fingerprint density at radius 1 is 1.04 bits per heavy atom. The summed E-state index contributed by atoms with van der Waals surface area (Å²) in [6.07, 6.45) is 3.87. The molecule has 0 amide bonds. The third kappa shape index (κ3) is 2.47. The van der Waals surface area contributed by atoms with Gasteiger partial charge in [-0.2, -0.15) is 0 Å². The second-order valence-corrected chi connectivity index (χ2v) is 5.68. The fourth-order valence-electron chi connectivity index (χ4n) is 3.07. The largest absolute Gasteiger partial charge is 0.403 e. The number of aromatic nitrogens is 3. The predicted octanol–water partition coefficient (Wildman–Crippen LogP) is 3.12. The van der Waals surface area contributed by atoms with Crippen molar-refractivity contribution >= 4 is 11.8 Å². The van der Waals surface area contributed by atoms with Crippen LogP contribution in [-0.2, 0) is 0 Å². The zero-order valence-corrected chi connectivity index (χ0v) is 12.9. The van der Waals surface area contributed by atoms with Crippen molar-refractivity contribution in [1.29, 1.82) is 0 Å². The average Bonchev–Trinajstić information content (AvgIpc) is 3.26. The lowest BCUT2D eigenvalue weighted by Gasteiger charge is -2.20. The second kappa shape index (κ2) is 5.92. The van der Waals surface area contributed by atoms with Crippen molar-refractivity contribution in [2.45, 2.75) is 12.8 Å². The highest BCUT2D eigenvalue weighted by Gasteiger charge is 2.25. The van der Waals surface area contributed by atoms with Gasteiger partial charge in [0.15, 0.2) is 0 Å². The first-order valence-corrected chi connectivity index (χ1v) is 7.82. The highest BCUT2D eigenvalue weighted by molar-refractivity contribution is 5.87. The number of hydrogen-bond donors (Lipinski definition) is 1. The van der Waals surface area contributed by atoms with E-state index in [-0.39, 0.29) is 17.7 Å². The zero-order chi connectivity index (χ0) is 16.5. The summed E-state index contributed by atoms with van der Waals surface area (Å²) in [7, 11) is 0. The first kappa shape index (κ1) is 14.6. The van der Waals surface area contributed by atoms with E-state index in [1.54, 1.807) is 30.5 Å². The molecule has 0 saturated carbocycles. The van der Waals surface area contributed by atoms with E-state index in [1.807, 2.05) is 0 Å². The fraction of sp³-hybridized carbons (Fsp3) is 0.235. The van der Waals surface area contributed by atoms with E-state index in [2.05, 4.69) is 20.1 Å². The zero-order valence-electron chi connectivity index (χ0n) is 12.9. The predicted molar refractivity (Wildman–Crippen MR) is 88.8 cm³/mol. The van der Waals surface area contributed by atoms with Crippen LogP contribution in [0.25, 0.3) is 22.6 Å². The van der Waals surface area contributed by atoms with E-state index in [4.69, 9.17) is 10.2 Å². The molecule has 1 aliphatic heterocycles. The third-order valence-electron chi connectivity index (χ3n) is 4.16. The second-order valence-electron chi connectivity index (χ2n) is 5.68. The van der Waals surface area contributed by atoms with Crippen LogP contribution in [0.1, 0.15) is 12.8 Å². The van der Waals surface area contributed by atoms with Gasteiger partial charge in [-0.3, -0.25) is 0 Å². The lowest BCUT2D eigenvalue weighted by molar-refractivity contribution is 0.589. The van der Waals surface area contributed by atoms with Crippen LogP contribution in [0.4, 0.5) is 16.2 Å². The van der Waals surface area contributed by atoms with Crippen molar-refractivity contribution in [1.82, 2.24) is 15.2 Å². The van der Waals surface area contributed by atoms with Crippen molar-refractivity contribution in [3.05, 3.63) is 42.3 Å². The summed E-state index contributed by atoms with van der Waals surface area (Å²) < 4.78 is 19.8. The van der Waals surface area contributed by atoms with Crippen LogP contribution in [-0.4, -0.2) is 28.3 Å². The number of anilines is 2. The standard InChI is InChI=1S/C17H16FN5O/c18-13-6-2-1-5-11(13)12-7-8-20-15(23-9-3-4-10-23)14(12)16-21-22-17(19)24-16/h1-2,5-8H,3-4,9-10H2,(H2,19,22). The molecule has 0 atom stereocenters. The Morgan fingerprint density at radius 2 is 1.83 bits per heavy atom. The number of rotatable bonds is 3. The number of halogens is 1. The Hall–Kier alpha value is -2.96. The van der Waals surface area contributed by atoms with Gasteiger partial charge in [-0.15, -0.1) is 5.10 Å². The van der Waals surface area contributed by atoms with Crippen LogP contribution in [0.2, 0.25) is 0 Å². The summed E-state index contributed by atoms with van der Waals surface area (Å²) in [5, 5.41) is 7.74. The van der Waals surface area contributed by atoms with Gasteiger partial charge >= 0.3 is 6.01 Å². The van der Waals surface area contributed by atoms with Crippen molar-refractivity contribution < 1.29 is 8.81 Å². The molecule has 1 saturated heterocycles. The molecule has 1 aliphatic rings. The van der Waals surface area contributed by atoms with Gasteiger partial charge < -0.3 is 15.1 Å². The maximum Gasteiger partial charge on any atom is 0.313 e. The number of benzene rings is 1. The Balaban J connectivity index is 1.96. The molecule has 122 valence electrons. The number of nitrogens with two attached hydrogens (primary N) is 1. The van der Waals surface area contributed by atoms with Crippen molar-refractivity contribution in [2.75, 3.05) is 23.7 Å². The summed E-state index contributed by atoms with van der Waals surface area (Å²) >= 11 is 0. The minimum absolute atomic E-state index is 0.0271. The van der Waals surface area contributed by atoms with E-state index in [0.717, 1.165) is 31.7 Å². The molecule has 7 heteroatoms. The minimum atomic E-state index is -0.315. The van der Waals surface area contributed by atoms with Crippen LogP contribution in [0.3, 0.4) is 0 Å². The third-order valence-corrected chi connectivity index (χ3v) is 4.16. The SMILES string of the molecule is Nc1nnc(-c2c(-c3ccccc3F)ccnc2N2CCCC2)o1. The highest BCUT2D eigenvalue weighted by Crippen LogP contribution is 2.39. The van der Waals surface area contributed by atoms with Gasteiger partial charge in [0.2, 0.25) is 0 Å². The Morgan fingerprint density at radius 3 is 2.54 bits per heavy atom. The summed E-state index contributed by atoms with van der Waals surface area (Å²) in [6.45, 7) is 1.79. The Bertz CT molecular complexity index is 873. The molecule has 3 aromatic rings. The molecule has 6 nitrogen and oxygen atoms in total. The average molecular weight is 325 g/mol. The molecule has 0 spiro atoms. The molecule has 1 aromatic carbocycles. The highest BCUT2D eigenvalue weighted by atomic mass is 19.1. The maximum atomic E-state index is 14.4. The van der Waals surface area contributed by atoms with Gasteiger partial charge in [-0.1, -0.05) is 23.3 Å². The molecule has 0 bridgehead atoms. The monoisotopic (exact) mass is 325 g/mol. The molecular formula is C17H16FN5O. The quantitative estimate of drug-likeness (QED) is 0.797. The van der Waals surface area contributed by atoms with E-state index in [0.29, 0.717) is 16.7 Å². The van der Waals surface area contributed by atoms with Gasteiger partial charge in [0.05, 0.1) is 5.56 Å². The van der Waals surface area contributed by atoms with E-state index in [1.165, 1.54) is 6.07 Å². The molecule has 2 N–H and O–H groups in total. The Kier molecular flexibility index (Phi) is 3.60. The molecule has 0 aliphatic carbocycles. The number of nitrogens with zero attached hydrogens (tertiary/aromatic N) is 4. The number of hydrogen-bond acceptors (Lipinski definition) is 6. The van der Waals surface area contributed by atoms with E-state index >= 15 is 0 Å². The first-order valence-electron chi connectivity index (χ1n) is 7.82. The van der Waals surface area contributed by atoms with Crippen molar-refractivity contribution in [2.24, 2.45) is 0 Å². The van der Waals surface area contributed by atoms with Crippen LogP contribution < -0.4 is 10.6 Å². The van der Waals surface area contributed by atoms with Gasteiger partial charge in [-0.25, -0.2) is 9.37 Å². The maximum absolute atomic E-state index is 14.4.